The van der Waals surface area contributed by atoms with Crippen LogP contribution in [0.25, 0.3) is 0 Å². The molecule has 0 atom stereocenters. The van der Waals surface area contributed by atoms with Crippen molar-refractivity contribution in [3.05, 3.63) is 69.8 Å². The van der Waals surface area contributed by atoms with Crippen LogP contribution in [0.15, 0.2) is 48.5 Å². The largest absolute Gasteiger partial charge is 0.545 e. The van der Waals surface area contributed by atoms with Crippen LogP contribution in [0.3, 0.4) is 0 Å². The Hall–Kier alpha value is -3.86. The third-order valence-corrected chi connectivity index (χ3v) is 3.21. The molecule has 0 spiro atoms. The van der Waals surface area contributed by atoms with E-state index in [1.807, 2.05) is 6.07 Å². The molecule has 0 N–H and O–H groups in total. The summed E-state index contributed by atoms with van der Waals surface area (Å²) in [6, 6.07) is 11.7. The van der Waals surface area contributed by atoms with E-state index in [0.717, 1.165) is 18.2 Å². The molecule has 2 aromatic rings. The first-order chi connectivity index (χ1) is 12.7. The molecule has 0 saturated heterocycles. The number of carboxylic acid groups (broad SMARTS) is 1. The first kappa shape index (κ1) is 19.5. The number of nitro groups is 1. The van der Waals surface area contributed by atoms with Gasteiger partial charge in [-0.15, -0.1) is 0 Å². The van der Waals surface area contributed by atoms with Crippen LogP contribution in [-0.4, -0.2) is 22.6 Å². The lowest BCUT2D eigenvalue weighted by Gasteiger charge is -2.18. The maximum atomic E-state index is 12.0. The van der Waals surface area contributed by atoms with Gasteiger partial charge in [0.1, 0.15) is 0 Å². The highest BCUT2D eigenvalue weighted by molar-refractivity contribution is 5.87. The molecule has 0 aliphatic carbocycles. The van der Waals surface area contributed by atoms with Crippen molar-refractivity contribution < 1.29 is 29.1 Å². The third kappa shape index (κ3) is 5.57. The summed E-state index contributed by atoms with van der Waals surface area (Å²) < 4.78 is 9.90. The average molecular weight is 368 g/mol. The Morgan fingerprint density at radius 2 is 1.78 bits per heavy atom. The van der Waals surface area contributed by atoms with Crippen molar-refractivity contribution in [3.63, 3.8) is 0 Å². The van der Waals surface area contributed by atoms with E-state index >= 15 is 0 Å². The Morgan fingerprint density at radius 3 is 2.37 bits per heavy atom. The van der Waals surface area contributed by atoms with Crippen LogP contribution < -0.4 is 9.84 Å². The number of ether oxygens (including phenoxy) is 2. The van der Waals surface area contributed by atoms with Gasteiger partial charge in [-0.3, -0.25) is 10.1 Å². The van der Waals surface area contributed by atoms with Crippen LogP contribution in [0, 0.1) is 22.0 Å². The molecule has 138 valence electrons. The summed E-state index contributed by atoms with van der Waals surface area (Å²) in [6.07, 6.45) is -1.26. The molecule has 0 aliphatic rings. The average Bonchev–Trinajstić information content (AvgIpc) is 2.60. The molecule has 0 fully saturated rings. The number of nitrogens with zero attached hydrogens (tertiary/aromatic N) is 1. The molecular formula is C19H14NO7-. The predicted octanol–water partition coefficient (Wildman–Crippen LogP) is 2.30. The summed E-state index contributed by atoms with van der Waals surface area (Å²) in [7, 11) is 0. The molecular weight excluding hydrogens is 354 g/mol. The molecule has 8 nitrogen and oxygen atoms in total. The van der Waals surface area contributed by atoms with E-state index in [9.17, 15) is 24.8 Å². The second-order valence-electron chi connectivity index (χ2n) is 5.81. The molecule has 2 aromatic carbocycles. The van der Waals surface area contributed by atoms with Crippen LogP contribution in [0.5, 0.6) is 5.75 Å². The number of carbonyl (C=O) groups is 2. The lowest BCUT2D eigenvalue weighted by molar-refractivity contribution is -0.385. The standard InChI is InChI=1S/C19H15NO7/c1-19(2,11-10-13-6-4-3-5-7-13)27-18(23)26-16-12-14(17(21)22)8-9-15(16)20(24)25/h3-9,12H,1-2H3,(H,21,22)/p-1. The molecule has 0 heterocycles. The van der Waals surface area contributed by atoms with Gasteiger partial charge in [-0.05, 0) is 38.1 Å². The van der Waals surface area contributed by atoms with E-state index in [0.29, 0.717) is 5.56 Å². The van der Waals surface area contributed by atoms with Gasteiger partial charge in [0.15, 0.2) is 5.60 Å². The SMILES string of the molecule is CC(C)(C#Cc1ccccc1)OC(=O)Oc1cc(C(=O)[O-])ccc1[N+](=O)[O-]. The lowest BCUT2D eigenvalue weighted by atomic mass is 10.1. The summed E-state index contributed by atoms with van der Waals surface area (Å²) in [5, 5.41) is 21.9. The van der Waals surface area contributed by atoms with Crippen molar-refractivity contribution in [3.8, 4) is 17.6 Å². The Labute approximate surface area is 154 Å². The molecule has 0 unspecified atom stereocenters. The fourth-order valence-electron chi connectivity index (χ4n) is 1.96. The molecule has 0 amide bonds. The van der Waals surface area contributed by atoms with Gasteiger partial charge in [-0.1, -0.05) is 30.0 Å². The molecule has 2 rings (SSSR count). The van der Waals surface area contributed by atoms with E-state index in [-0.39, 0.29) is 5.56 Å². The summed E-state index contributed by atoms with van der Waals surface area (Å²) in [5.41, 5.74) is -1.52. The van der Waals surface area contributed by atoms with E-state index in [2.05, 4.69) is 11.8 Å². The fraction of sp³-hybridized carbons (Fsp3) is 0.158. The van der Waals surface area contributed by atoms with E-state index in [1.165, 1.54) is 13.8 Å². The molecule has 0 aromatic heterocycles. The number of aromatic carboxylic acids is 1. The van der Waals surface area contributed by atoms with Crippen molar-refractivity contribution in [1.29, 1.82) is 0 Å². The number of benzene rings is 2. The van der Waals surface area contributed by atoms with Gasteiger partial charge in [0.25, 0.3) is 0 Å². The second-order valence-corrected chi connectivity index (χ2v) is 5.81. The van der Waals surface area contributed by atoms with Gasteiger partial charge in [0.2, 0.25) is 5.75 Å². The highest BCUT2D eigenvalue weighted by atomic mass is 16.7. The Bertz CT molecular complexity index is 940. The molecule has 0 saturated carbocycles. The number of carboxylic acids is 1. The number of hydrogen-bond donors (Lipinski definition) is 0. The Kier molecular flexibility index (Phi) is 5.78. The number of hydrogen-bond acceptors (Lipinski definition) is 7. The molecule has 0 aliphatic heterocycles. The normalized spacial score (nSPS) is 10.3. The van der Waals surface area contributed by atoms with Crippen molar-refractivity contribution in [1.82, 2.24) is 0 Å². The quantitative estimate of drug-likeness (QED) is 0.267. The summed E-state index contributed by atoms with van der Waals surface area (Å²) >= 11 is 0. The summed E-state index contributed by atoms with van der Waals surface area (Å²) in [4.78, 5) is 33.1. The van der Waals surface area contributed by atoms with Crippen molar-refractivity contribution >= 4 is 17.8 Å². The first-order valence-electron chi connectivity index (χ1n) is 7.67. The van der Waals surface area contributed by atoms with Crippen LogP contribution >= 0.6 is 0 Å². The van der Waals surface area contributed by atoms with Crippen LogP contribution in [0.4, 0.5) is 10.5 Å². The summed E-state index contributed by atoms with van der Waals surface area (Å²) in [5.74, 6) is 3.44. The smallest absolute Gasteiger partial charge is 0.515 e. The van der Waals surface area contributed by atoms with Crippen molar-refractivity contribution in [2.75, 3.05) is 0 Å². The van der Waals surface area contributed by atoms with Gasteiger partial charge in [-0.2, -0.15) is 0 Å². The number of rotatable bonds is 4. The van der Waals surface area contributed by atoms with Crippen LogP contribution in [0.2, 0.25) is 0 Å². The van der Waals surface area contributed by atoms with Crippen LogP contribution in [-0.2, 0) is 4.74 Å². The van der Waals surface area contributed by atoms with Gasteiger partial charge in [-0.25, -0.2) is 4.79 Å². The molecule has 27 heavy (non-hydrogen) atoms. The topological polar surface area (TPSA) is 119 Å². The van der Waals surface area contributed by atoms with Crippen molar-refractivity contribution in [2.45, 2.75) is 19.4 Å². The minimum Gasteiger partial charge on any atom is -0.545 e. The molecule has 0 bridgehead atoms. The highest BCUT2D eigenvalue weighted by Crippen LogP contribution is 2.28. The number of carbonyl (C=O) groups excluding carboxylic acids is 2. The van der Waals surface area contributed by atoms with Crippen LogP contribution in [0.1, 0.15) is 29.8 Å². The maximum absolute atomic E-state index is 12.0. The number of nitro benzene ring substituents is 1. The minimum absolute atomic E-state index is 0.383. The lowest BCUT2D eigenvalue weighted by Crippen LogP contribution is -2.28. The molecule has 8 heteroatoms. The van der Waals surface area contributed by atoms with Gasteiger partial charge >= 0.3 is 11.8 Å². The minimum atomic E-state index is -1.57. The first-order valence-corrected chi connectivity index (χ1v) is 7.67. The third-order valence-electron chi connectivity index (χ3n) is 3.21. The van der Waals surface area contributed by atoms with E-state index in [4.69, 9.17) is 9.47 Å². The zero-order valence-electron chi connectivity index (χ0n) is 14.4. The molecule has 0 radical (unpaired) electrons. The van der Waals surface area contributed by atoms with E-state index in [1.54, 1.807) is 24.3 Å². The zero-order chi connectivity index (χ0) is 20.0. The van der Waals surface area contributed by atoms with Crippen molar-refractivity contribution in [2.24, 2.45) is 0 Å². The van der Waals surface area contributed by atoms with Gasteiger partial charge in [0, 0.05) is 17.2 Å². The van der Waals surface area contributed by atoms with E-state index < -0.39 is 34.1 Å². The van der Waals surface area contributed by atoms with Gasteiger partial charge in [0.05, 0.1) is 10.9 Å². The second kappa shape index (κ2) is 8.01. The summed E-state index contributed by atoms with van der Waals surface area (Å²) in [6.45, 7) is 3.02. The van der Waals surface area contributed by atoms with Gasteiger partial charge < -0.3 is 19.4 Å². The Balaban J connectivity index is 2.17. The predicted molar refractivity (Wildman–Crippen MR) is 91.9 cm³/mol. The highest BCUT2D eigenvalue weighted by Gasteiger charge is 2.25. The zero-order valence-corrected chi connectivity index (χ0v) is 14.4. The maximum Gasteiger partial charge on any atom is 0.515 e. The monoisotopic (exact) mass is 368 g/mol. The fourth-order valence-corrected chi connectivity index (χ4v) is 1.96. The Morgan fingerprint density at radius 1 is 1.11 bits per heavy atom.